The van der Waals surface area contributed by atoms with Gasteiger partial charge in [0.2, 0.25) is 0 Å². The third kappa shape index (κ3) is 4.77. The average molecular weight is 457 g/mol. The molecular formula is C23H22Cl2N4O2. The number of piperazine rings is 1. The van der Waals surface area contributed by atoms with E-state index in [1.165, 1.54) is 0 Å². The summed E-state index contributed by atoms with van der Waals surface area (Å²) in [6, 6.07) is 15.1. The maximum atomic E-state index is 12.3. The summed E-state index contributed by atoms with van der Waals surface area (Å²) in [7, 11) is 0. The molecular weight excluding hydrogens is 435 g/mol. The largest absolute Gasteiger partial charge is 0.296 e. The number of halogens is 2. The van der Waals surface area contributed by atoms with E-state index >= 15 is 0 Å². The molecule has 0 saturated carbocycles. The molecule has 31 heavy (non-hydrogen) atoms. The Morgan fingerprint density at radius 3 is 2.58 bits per heavy atom. The maximum absolute atomic E-state index is 12.3. The highest BCUT2D eigenvalue weighted by Gasteiger charge is 2.34. The Morgan fingerprint density at radius 2 is 1.90 bits per heavy atom. The van der Waals surface area contributed by atoms with Gasteiger partial charge in [0.25, 0.3) is 0 Å². The number of Topliss-reactive ketones (excluding diaryl/α,β-unsaturated/α-hetero) is 1. The molecule has 6 nitrogen and oxygen atoms in total. The second-order valence-corrected chi connectivity index (χ2v) is 8.44. The second kappa shape index (κ2) is 9.39. The first kappa shape index (κ1) is 21.8. The molecule has 0 aliphatic carbocycles. The van der Waals surface area contributed by atoms with Crippen LogP contribution in [0.5, 0.6) is 0 Å². The van der Waals surface area contributed by atoms with Crippen molar-refractivity contribution < 1.29 is 9.63 Å². The summed E-state index contributed by atoms with van der Waals surface area (Å²) in [4.78, 5) is 20.5. The zero-order valence-electron chi connectivity index (χ0n) is 17.1. The lowest BCUT2D eigenvalue weighted by atomic mass is 10.0. The van der Waals surface area contributed by atoms with Gasteiger partial charge in [0.15, 0.2) is 5.78 Å². The molecule has 2 aromatic carbocycles. The fourth-order valence-electron chi connectivity index (χ4n) is 3.89. The van der Waals surface area contributed by atoms with Crippen molar-refractivity contribution in [3.63, 3.8) is 0 Å². The van der Waals surface area contributed by atoms with E-state index in [1.807, 2.05) is 30.3 Å². The standard InChI is InChI=1S/C23H22Cl2N4O2/c1-16(30)21-15-31-29(23(21)20-6-5-19(24)12-22(20)25)28-9-7-27(8-10-28)14-18-4-2-3-17(11-18)13-26/h2-6,11-12H,7-10,14-15H2,1H3. The van der Waals surface area contributed by atoms with E-state index in [0.717, 1.165) is 43.9 Å². The first-order valence-corrected chi connectivity index (χ1v) is 10.8. The van der Waals surface area contributed by atoms with Gasteiger partial charge in [-0.15, -0.1) is 0 Å². The molecule has 160 valence electrons. The number of carbonyl (C=O) groups is 1. The number of hydrogen-bond acceptors (Lipinski definition) is 6. The summed E-state index contributed by atoms with van der Waals surface area (Å²) in [5.41, 5.74) is 3.80. The van der Waals surface area contributed by atoms with Crippen LogP contribution in [0, 0.1) is 11.3 Å². The topological polar surface area (TPSA) is 59.8 Å². The van der Waals surface area contributed by atoms with Crippen LogP contribution < -0.4 is 0 Å². The third-order valence-corrected chi connectivity index (χ3v) is 6.04. The predicted molar refractivity (Wildman–Crippen MR) is 120 cm³/mol. The van der Waals surface area contributed by atoms with E-state index in [4.69, 9.17) is 33.3 Å². The number of nitriles is 1. The van der Waals surface area contributed by atoms with Gasteiger partial charge in [0.1, 0.15) is 12.3 Å². The highest BCUT2D eigenvalue weighted by Crippen LogP contribution is 2.36. The molecule has 0 aromatic heterocycles. The van der Waals surface area contributed by atoms with Gasteiger partial charge in [-0.05, 0) is 42.8 Å². The van der Waals surface area contributed by atoms with Crippen LogP contribution in [0.4, 0.5) is 0 Å². The van der Waals surface area contributed by atoms with Crippen LogP contribution in [0.3, 0.4) is 0 Å². The normalized spacial score (nSPS) is 17.8. The van der Waals surface area contributed by atoms with Crippen LogP contribution in [0.25, 0.3) is 5.70 Å². The zero-order valence-corrected chi connectivity index (χ0v) is 18.7. The molecule has 0 N–H and O–H groups in total. The number of benzene rings is 2. The summed E-state index contributed by atoms with van der Waals surface area (Å²) >= 11 is 12.5. The molecule has 0 atom stereocenters. The number of carbonyl (C=O) groups excluding carboxylic acids is 1. The van der Waals surface area contributed by atoms with Gasteiger partial charge < -0.3 is 0 Å². The smallest absolute Gasteiger partial charge is 0.160 e. The van der Waals surface area contributed by atoms with Gasteiger partial charge in [-0.25, -0.2) is 0 Å². The first-order valence-electron chi connectivity index (χ1n) is 10.0. The van der Waals surface area contributed by atoms with Gasteiger partial charge in [-0.2, -0.15) is 15.4 Å². The van der Waals surface area contributed by atoms with Crippen molar-refractivity contribution in [1.82, 2.24) is 15.1 Å². The molecule has 2 aromatic rings. The number of hydroxylamine groups is 1. The van der Waals surface area contributed by atoms with Gasteiger partial charge in [0.05, 0.1) is 22.2 Å². The molecule has 0 bridgehead atoms. The summed E-state index contributed by atoms with van der Waals surface area (Å²) < 4.78 is 0. The van der Waals surface area contributed by atoms with Gasteiger partial charge in [-0.3, -0.25) is 14.5 Å². The van der Waals surface area contributed by atoms with E-state index in [9.17, 15) is 4.79 Å². The van der Waals surface area contributed by atoms with E-state index in [-0.39, 0.29) is 12.4 Å². The minimum atomic E-state index is -0.0421. The van der Waals surface area contributed by atoms with Crippen LogP contribution in [0.15, 0.2) is 48.0 Å². The Kier molecular flexibility index (Phi) is 6.61. The fraction of sp³-hybridized carbons (Fsp3) is 0.304. The molecule has 0 spiro atoms. The molecule has 2 aliphatic rings. The van der Waals surface area contributed by atoms with Crippen LogP contribution in [0.2, 0.25) is 10.0 Å². The van der Waals surface area contributed by atoms with E-state index < -0.39 is 0 Å². The minimum absolute atomic E-state index is 0.0421. The molecule has 1 fully saturated rings. The molecule has 0 amide bonds. The van der Waals surface area contributed by atoms with E-state index in [2.05, 4.69) is 16.0 Å². The third-order valence-electron chi connectivity index (χ3n) is 5.49. The Balaban J connectivity index is 1.49. The van der Waals surface area contributed by atoms with Gasteiger partial charge in [-0.1, -0.05) is 35.3 Å². The van der Waals surface area contributed by atoms with Crippen molar-refractivity contribution in [2.75, 3.05) is 32.8 Å². The minimum Gasteiger partial charge on any atom is -0.296 e. The Hall–Kier alpha value is -2.40. The predicted octanol–water partition coefficient (Wildman–Crippen LogP) is 4.15. The number of hydrazine groups is 1. The molecule has 0 radical (unpaired) electrons. The lowest BCUT2D eigenvalue weighted by Crippen LogP contribution is -2.51. The molecule has 2 heterocycles. The van der Waals surface area contributed by atoms with Crippen LogP contribution in [-0.2, 0) is 16.2 Å². The van der Waals surface area contributed by atoms with Crippen molar-refractivity contribution in [2.45, 2.75) is 13.5 Å². The van der Waals surface area contributed by atoms with Crippen LogP contribution in [-0.4, -0.2) is 53.7 Å². The van der Waals surface area contributed by atoms with Crippen molar-refractivity contribution in [1.29, 1.82) is 5.26 Å². The average Bonchev–Trinajstić information content (AvgIpc) is 3.19. The van der Waals surface area contributed by atoms with Crippen LogP contribution >= 0.6 is 23.2 Å². The second-order valence-electron chi connectivity index (χ2n) is 7.60. The summed E-state index contributed by atoms with van der Waals surface area (Å²) in [6.45, 7) is 5.66. The fourth-order valence-corrected chi connectivity index (χ4v) is 4.39. The lowest BCUT2D eigenvalue weighted by molar-refractivity contribution is -0.230. The molecule has 1 saturated heterocycles. The highest BCUT2D eigenvalue weighted by molar-refractivity contribution is 6.35. The SMILES string of the molecule is CC(=O)C1=C(c2ccc(Cl)cc2Cl)N(N2CCN(Cc3cccc(C#N)c3)CC2)OC1. The number of ketones is 1. The zero-order chi connectivity index (χ0) is 22.0. The number of hydrogen-bond donors (Lipinski definition) is 0. The maximum Gasteiger partial charge on any atom is 0.160 e. The summed E-state index contributed by atoms with van der Waals surface area (Å²) in [5.74, 6) is -0.0421. The lowest BCUT2D eigenvalue weighted by Gasteiger charge is -2.40. The molecule has 0 unspecified atom stereocenters. The molecule has 8 heteroatoms. The van der Waals surface area contributed by atoms with Crippen molar-refractivity contribution in [2.24, 2.45) is 0 Å². The monoisotopic (exact) mass is 456 g/mol. The quantitative estimate of drug-likeness (QED) is 0.673. The first-order chi connectivity index (χ1) is 15.0. The van der Waals surface area contributed by atoms with Crippen molar-refractivity contribution >= 4 is 34.7 Å². The van der Waals surface area contributed by atoms with Crippen molar-refractivity contribution in [3.05, 3.63) is 74.8 Å². The Morgan fingerprint density at radius 1 is 1.13 bits per heavy atom. The van der Waals surface area contributed by atoms with E-state index in [1.54, 1.807) is 24.2 Å². The van der Waals surface area contributed by atoms with Gasteiger partial charge >= 0.3 is 0 Å². The van der Waals surface area contributed by atoms with Gasteiger partial charge in [0, 0.05) is 43.3 Å². The Bertz CT molecular complexity index is 1070. The highest BCUT2D eigenvalue weighted by atomic mass is 35.5. The van der Waals surface area contributed by atoms with Crippen molar-refractivity contribution in [3.8, 4) is 6.07 Å². The Labute approximate surface area is 191 Å². The number of rotatable bonds is 5. The summed E-state index contributed by atoms with van der Waals surface area (Å²) in [5, 5.41) is 13.9. The molecule has 2 aliphatic heterocycles. The molecule has 4 rings (SSSR count). The van der Waals surface area contributed by atoms with E-state index in [0.29, 0.717) is 26.9 Å². The van der Waals surface area contributed by atoms with Crippen LogP contribution in [0.1, 0.15) is 23.6 Å². The number of nitrogens with zero attached hydrogens (tertiary/aromatic N) is 4. The summed E-state index contributed by atoms with van der Waals surface area (Å²) in [6.07, 6.45) is 0.